The molecule has 1 aromatic heterocycles. The Bertz CT molecular complexity index is 363. The van der Waals surface area contributed by atoms with Gasteiger partial charge in [0, 0.05) is 6.54 Å². The van der Waals surface area contributed by atoms with Gasteiger partial charge in [0.1, 0.15) is 11.9 Å². The zero-order valence-electron chi connectivity index (χ0n) is 8.35. The summed E-state index contributed by atoms with van der Waals surface area (Å²) in [7, 11) is 0. The topological polar surface area (TPSA) is 68.1 Å². The fourth-order valence-corrected chi connectivity index (χ4v) is 1.50. The van der Waals surface area contributed by atoms with Crippen LogP contribution in [-0.4, -0.2) is 16.5 Å². The third-order valence-electron chi connectivity index (χ3n) is 2.52. The third kappa shape index (κ3) is 2.65. The molecule has 1 heterocycles. The molecule has 1 aliphatic rings. The average molecular weight is 207 g/mol. The molecule has 80 valence electrons. The molecule has 0 bridgehead atoms. The molecule has 1 aliphatic carbocycles. The van der Waals surface area contributed by atoms with Crippen LogP contribution in [0.3, 0.4) is 0 Å². The lowest BCUT2D eigenvalue weighted by molar-refractivity contribution is -0.388. The number of aromatic nitrogens is 1. The summed E-state index contributed by atoms with van der Waals surface area (Å²) >= 11 is 0. The number of pyridine rings is 1. The van der Waals surface area contributed by atoms with Crippen molar-refractivity contribution in [2.75, 3.05) is 11.9 Å². The number of nitrogens with one attached hydrogen (secondary N) is 1. The van der Waals surface area contributed by atoms with Crippen LogP contribution in [0, 0.1) is 16.0 Å². The van der Waals surface area contributed by atoms with Crippen molar-refractivity contribution in [3.05, 3.63) is 28.4 Å². The van der Waals surface area contributed by atoms with E-state index in [-0.39, 0.29) is 5.82 Å². The summed E-state index contributed by atoms with van der Waals surface area (Å²) in [4.78, 5) is 13.9. The molecule has 2 rings (SSSR count). The molecule has 5 heteroatoms. The van der Waals surface area contributed by atoms with Gasteiger partial charge in [0.15, 0.2) is 0 Å². The Morgan fingerprint density at radius 1 is 1.60 bits per heavy atom. The van der Waals surface area contributed by atoms with E-state index in [1.165, 1.54) is 19.0 Å². The zero-order valence-corrected chi connectivity index (χ0v) is 8.35. The van der Waals surface area contributed by atoms with Crippen molar-refractivity contribution in [1.29, 1.82) is 0 Å². The standard InChI is InChI=1S/C10H13N3O2/c14-13(15)10-9(2-1-6-12-10)11-7-5-8-3-4-8/h1-2,6,8,11H,3-5,7H2. The van der Waals surface area contributed by atoms with Gasteiger partial charge in [-0.05, 0) is 34.4 Å². The van der Waals surface area contributed by atoms with E-state index in [9.17, 15) is 10.1 Å². The number of anilines is 1. The van der Waals surface area contributed by atoms with Gasteiger partial charge < -0.3 is 15.4 Å². The van der Waals surface area contributed by atoms with Crippen LogP contribution >= 0.6 is 0 Å². The van der Waals surface area contributed by atoms with Crippen LogP contribution in [0.25, 0.3) is 0 Å². The van der Waals surface area contributed by atoms with Crippen LogP contribution in [0.1, 0.15) is 19.3 Å². The molecule has 5 nitrogen and oxygen atoms in total. The largest absolute Gasteiger partial charge is 0.386 e. The Morgan fingerprint density at radius 2 is 2.40 bits per heavy atom. The molecule has 0 saturated heterocycles. The molecule has 0 atom stereocenters. The van der Waals surface area contributed by atoms with Crippen molar-refractivity contribution >= 4 is 11.5 Å². The lowest BCUT2D eigenvalue weighted by Crippen LogP contribution is -2.05. The second-order valence-corrected chi connectivity index (χ2v) is 3.79. The third-order valence-corrected chi connectivity index (χ3v) is 2.52. The Kier molecular flexibility index (Phi) is 2.80. The lowest BCUT2D eigenvalue weighted by Gasteiger charge is -2.05. The average Bonchev–Trinajstić information content (AvgIpc) is 3.02. The van der Waals surface area contributed by atoms with Crippen LogP contribution < -0.4 is 5.32 Å². The smallest absolute Gasteiger partial charge is 0.378 e. The minimum Gasteiger partial charge on any atom is -0.378 e. The molecule has 15 heavy (non-hydrogen) atoms. The first-order valence-electron chi connectivity index (χ1n) is 5.10. The quantitative estimate of drug-likeness (QED) is 0.593. The maximum atomic E-state index is 10.6. The van der Waals surface area contributed by atoms with E-state index >= 15 is 0 Å². The molecule has 1 N–H and O–H groups in total. The normalized spacial score (nSPS) is 14.9. The molecule has 1 fully saturated rings. The van der Waals surface area contributed by atoms with Gasteiger partial charge in [-0.3, -0.25) is 0 Å². The van der Waals surface area contributed by atoms with Crippen LogP contribution in [0.4, 0.5) is 11.5 Å². The minimum atomic E-state index is -0.459. The highest BCUT2D eigenvalue weighted by Crippen LogP contribution is 2.32. The van der Waals surface area contributed by atoms with Gasteiger partial charge in [0.2, 0.25) is 0 Å². The molecule has 0 unspecified atom stereocenters. The summed E-state index contributed by atoms with van der Waals surface area (Å²) in [6.45, 7) is 0.789. The first-order chi connectivity index (χ1) is 7.27. The van der Waals surface area contributed by atoms with Gasteiger partial charge >= 0.3 is 5.82 Å². The van der Waals surface area contributed by atoms with Crippen molar-refractivity contribution in [1.82, 2.24) is 4.98 Å². The lowest BCUT2D eigenvalue weighted by atomic mass is 10.3. The highest BCUT2D eigenvalue weighted by Gasteiger charge is 2.21. The van der Waals surface area contributed by atoms with Crippen LogP contribution in [0.2, 0.25) is 0 Å². The van der Waals surface area contributed by atoms with E-state index < -0.39 is 4.92 Å². The number of nitro groups is 1. The number of nitrogens with zero attached hydrogens (tertiary/aromatic N) is 2. The molecular formula is C10H13N3O2. The van der Waals surface area contributed by atoms with Crippen molar-refractivity contribution in [2.24, 2.45) is 5.92 Å². The van der Waals surface area contributed by atoms with E-state index in [2.05, 4.69) is 10.3 Å². The van der Waals surface area contributed by atoms with Crippen molar-refractivity contribution < 1.29 is 4.92 Å². The summed E-state index contributed by atoms with van der Waals surface area (Å²) < 4.78 is 0. The molecule has 1 aromatic rings. The van der Waals surface area contributed by atoms with Gasteiger partial charge in [0.25, 0.3) is 0 Å². The first kappa shape index (κ1) is 9.89. The number of hydrogen-bond donors (Lipinski definition) is 1. The fraction of sp³-hybridized carbons (Fsp3) is 0.500. The number of hydrogen-bond acceptors (Lipinski definition) is 4. The second-order valence-electron chi connectivity index (χ2n) is 3.79. The van der Waals surface area contributed by atoms with Crippen LogP contribution in [0.15, 0.2) is 18.3 Å². The Balaban J connectivity index is 1.95. The van der Waals surface area contributed by atoms with E-state index in [1.807, 2.05) is 0 Å². The van der Waals surface area contributed by atoms with E-state index in [4.69, 9.17) is 0 Å². The zero-order chi connectivity index (χ0) is 10.7. The van der Waals surface area contributed by atoms with Gasteiger partial charge in [-0.15, -0.1) is 0 Å². The number of rotatable bonds is 5. The molecular weight excluding hydrogens is 194 g/mol. The van der Waals surface area contributed by atoms with Crippen LogP contribution in [0.5, 0.6) is 0 Å². The van der Waals surface area contributed by atoms with Crippen LogP contribution in [-0.2, 0) is 0 Å². The van der Waals surface area contributed by atoms with E-state index in [0.717, 1.165) is 18.9 Å². The molecule has 0 spiro atoms. The SMILES string of the molecule is O=[N+]([O-])c1ncccc1NCCC1CC1. The van der Waals surface area contributed by atoms with Gasteiger partial charge in [-0.25, -0.2) is 0 Å². The van der Waals surface area contributed by atoms with Crippen molar-refractivity contribution in [2.45, 2.75) is 19.3 Å². The maximum absolute atomic E-state index is 10.6. The molecule has 0 radical (unpaired) electrons. The maximum Gasteiger partial charge on any atom is 0.386 e. The van der Waals surface area contributed by atoms with Gasteiger partial charge in [-0.1, -0.05) is 12.8 Å². The predicted molar refractivity (Wildman–Crippen MR) is 56.7 cm³/mol. The highest BCUT2D eigenvalue weighted by molar-refractivity contribution is 5.56. The predicted octanol–water partition coefficient (Wildman–Crippen LogP) is 2.20. The Morgan fingerprint density at radius 3 is 3.07 bits per heavy atom. The van der Waals surface area contributed by atoms with E-state index in [1.54, 1.807) is 12.1 Å². The second kappa shape index (κ2) is 4.25. The molecule has 0 aromatic carbocycles. The Hall–Kier alpha value is -1.65. The first-order valence-corrected chi connectivity index (χ1v) is 5.10. The Labute approximate surface area is 87.7 Å². The summed E-state index contributed by atoms with van der Waals surface area (Å²) in [6, 6.07) is 3.39. The molecule has 0 aliphatic heterocycles. The fourth-order valence-electron chi connectivity index (χ4n) is 1.50. The van der Waals surface area contributed by atoms with Crippen molar-refractivity contribution in [3.63, 3.8) is 0 Å². The monoisotopic (exact) mass is 207 g/mol. The minimum absolute atomic E-state index is 0.0895. The summed E-state index contributed by atoms with van der Waals surface area (Å²) in [6.07, 6.45) is 5.13. The summed E-state index contributed by atoms with van der Waals surface area (Å²) in [5, 5.41) is 13.7. The van der Waals surface area contributed by atoms with Crippen molar-refractivity contribution in [3.8, 4) is 0 Å². The summed E-state index contributed by atoms with van der Waals surface area (Å²) in [5.74, 6) is 0.738. The highest BCUT2D eigenvalue weighted by atomic mass is 16.6. The van der Waals surface area contributed by atoms with Gasteiger partial charge in [0.05, 0.1) is 0 Å². The van der Waals surface area contributed by atoms with Gasteiger partial charge in [-0.2, -0.15) is 0 Å². The molecule has 1 saturated carbocycles. The summed E-state index contributed by atoms with van der Waals surface area (Å²) in [5.41, 5.74) is 0.517. The van der Waals surface area contributed by atoms with E-state index in [0.29, 0.717) is 5.69 Å². The molecule has 0 amide bonds.